The zero-order valence-electron chi connectivity index (χ0n) is 13.6. The molecule has 0 spiro atoms. The molecule has 0 aromatic carbocycles. The third-order valence-electron chi connectivity index (χ3n) is 4.73. The maximum absolute atomic E-state index is 12.7. The molecule has 22 heavy (non-hydrogen) atoms. The van der Waals surface area contributed by atoms with Crippen molar-refractivity contribution in [2.75, 3.05) is 39.5 Å². The lowest BCUT2D eigenvalue weighted by molar-refractivity contribution is 0.213. The standard InChI is InChI=1S/C13H27N3O4S2/c1-12-5-4-8-16(11-12)22(19,20)15-9-6-13(7-10-15)14(2)21(3,17)18/h12-13H,4-11H2,1-3H3. The van der Waals surface area contributed by atoms with Crippen LogP contribution in [0.1, 0.15) is 32.6 Å². The molecule has 2 saturated heterocycles. The first-order valence-corrected chi connectivity index (χ1v) is 11.0. The van der Waals surface area contributed by atoms with Gasteiger partial charge in [-0.1, -0.05) is 6.92 Å². The van der Waals surface area contributed by atoms with E-state index in [2.05, 4.69) is 6.92 Å². The molecule has 0 aromatic rings. The number of piperidine rings is 2. The maximum Gasteiger partial charge on any atom is 0.281 e. The number of sulfonamides is 1. The third kappa shape index (κ3) is 4.00. The van der Waals surface area contributed by atoms with Gasteiger partial charge in [0, 0.05) is 39.3 Å². The minimum atomic E-state index is -3.40. The van der Waals surface area contributed by atoms with Gasteiger partial charge in [0.2, 0.25) is 10.0 Å². The van der Waals surface area contributed by atoms with E-state index in [1.54, 1.807) is 11.4 Å². The monoisotopic (exact) mass is 353 g/mol. The molecule has 2 rings (SSSR count). The summed E-state index contributed by atoms with van der Waals surface area (Å²) in [7, 11) is -5.07. The average molecular weight is 354 g/mol. The predicted octanol–water partition coefficient (Wildman–Crippen LogP) is 0.319. The van der Waals surface area contributed by atoms with Crippen molar-refractivity contribution in [1.29, 1.82) is 0 Å². The van der Waals surface area contributed by atoms with Crippen molar-refractivity contribution in [2.45, 2.75) is 38.6 Å². The summed E-state index contributed by atoms with van der Waals surface area (Å²) < 4.78 is 53.0. The lowest BCUT2D eigenvalue weighted by Crippen LogP contribution is -2.52. The van der Waals surface area contributed by atoms with Gasteiger partial charge in [0.1, 0.15) is 0 Å². The molecule has 2 heterocycles. The number of rotatable bonds is 4. The van der Waals surface area contributed by atoms with E-state index in [4.69, 9.17) is 0 Å². The molecule has 0 radical (unpaired) electrons. The Labute approximate surface area is 134 Å². The van der Waals surface area contributed by atoms with E-state index >= 15 is 0 Å². The van der Waals surface area contributed by atoms with Crippen molar-refractivity contribution in [2.24, 2.45) is 5.92 Å². The molecule has 2 aliphatic rings. The van der Waals surface area contributed by atoms with Crippen molar-refractivity contribution in [3.63, 3.8) is 0 Å². The molecule has 2 aliphatic heterocycles. The summed E-state index contributed by atoms with van der Waals surface area (Å²) in [6.45, 7) is 4.03. The van der Waals surface area contributed by atoms with Crippen molar-refractivity contribution in [3.05, 3.63) is 0 Å². The Morgan fingerprint density at radius 2 is 1.55 bits per heavy atom. The van der Waals surface area contributed by atoms with E-state index in [-0.39, 0.29) is 6.04 Å². The molecule has 0 aliphatic carbocycles. The molecule has 2 fully saturated rings. The van der Waals surface area contributed by atoms with Gasteiger partial charge < -0.3 is 0 Å². The van der Waals surface area contributed by atoms with Crippen LogP contribution in [0, 0.1) is 5.92 Å². The molecule has 0 N–H and O–H groups in total. The molecule has 9 heteroatoms. The molecule has 1 unspecified atom stereocenters. The Morgan fingerprint density at radius 1 is 0.955 bits per heavy atom. The van der Waals surface area contributed by atoms with Crippen LogP contribution in [0.2, 0.25) is 0 Å². The smallest absolute Gasteiger partial charge is 0.213 e. The first kappa shape index (κ1) is 18.1. The van der Waals surface area contributed by atoms with E-state index in [1.165, 1.54) is 14.9 Å². The Morgan fingerprint density at radius 3 is 2.05 bits per heavy atom. The largest absolute Gasteiger partial charge is 0.281 e. The van der Waals surface area contributed by atoms with Gasteiger partial charge in [-0.3, -0.25) is 0 Å². The fourth-order valence-corrected chi connectivity index (χ4v) is 5.78. The van der Waals surface area contributed by atoms with Gasteiger partial charge in [0.25, 0.3) is 10.2 Å². The van der Waals surface area contributed by atoms with Gasteiger partial charge in [-0.25, -0.2) is 12.7 Å². The van der Waals surface area contributed by atoms with Crippen LogP contribution in [-0.4, -0.2) is 75.3 Å². The number of hydrogen-bond donors (Lipinski definition) is 0. The number of nitrogens with zero attached hydrogens (tertiary/aromatic N) is 3. The van der Waals surface area contributed by atoms with Gasteiger partial charge in [-0.15, -0.1) is 0 Å². The second-order valence-corrected chi connectivity index (χ2v) is 10.5. The lowest BCUT2D eigenvalue weighted by atomic mass is 10.0. The lowest BCUT2D eigenvalue weighted by Gasteiger charge is -2.39. The Balaban J connectivity index is 1.98. The molecule has 0 aromatic heterocycles. The summed E-state index contributed by atoms with van der Waals surface area (Å²) in [5.74, 6) is 0.400. The average Bonchev–Trinajstić information content (AvgIpc) is 2.45. The summed E-state index contributed by atoms with van der Waals surface area (Å²) in [4.78, 5) is 0. The topological polar surface area (TPSA) is 78.0 Å². The molecular formula is C13H27N3O4S2. The third-order valence-corrected chi connectivity index (χ3v) is 8.08. The van der Waals surface area contributed by atoms with Crippen LogP contribution >= 0.6 is 0 Å². The van der Waals surface area contributed by atoms with Gasteiger partial charge in [-0.2, -0.15) is 17.0 Å². The molecule has 1 atom stereocenters. The molecule has 130 valence electrons. The van der Waals surface area contributed by atoms with Crippen LogP contribution in [0.5, 0.6) is 0 Å². The Bertz CT molecular complexity index is 582. The highest BCUT2D eigenvalue weighted by atomic mass is 32.2. The van der Waals surface area contributed by atoms with Gasteiger partial charge >= 0.3 is 0 Å². The first-order valence-electron chi connectivity index (χ1n) is 7.80. The van der Waals surface area contributed by atoms with Crippen LogP contribution in [0.4, 0.5) is 0 Å². The van der Waals surface area contributed by atoms with E-state index in [0.29, 0.717) is 44.9 Å². The first-order chi connectivity index (χ1) is 10.1. The zero-order chi connectivity index (χ0) is 16.5. The fraction of sp³-hybridized carbons (Fsp3) is 1.00. The molecule has 0 saturated carbocycles. The van der Waals surface area contributed by atoms with Crippen LogP contribution < -0.4 is 0 Å². The minimum absolute atomic E-state index is 0.110. The minimum Gasteiger partial charge on any atom is -0.213 e. The summed E-state index contributed by atoms with van der Waals surface area (Å²) in [5.41, 5.74) is 0. The van der Waals surface area contributed by atoms with Gasteiger partial charge in [0.05, 0.1) is 6.26 Å². The zero-order valence-corrected chi connectivity index (χ0v) is 15.2. The van der Waals surface area contributed by atoms with E-state index in [9.17, 15) is 16.8 Å². The van der Waals surface area contributed by atoms with Gasteiger partial charge in [0.15, 0.2) is 0 Å². The highest BCUT2D eigenvalue weighted by Gasteiger charge is 2.36. The molecular weight excluding hydrogens is 326 g/mol. The fourth-order valence-electron chi connectivity index (χ4n) is 3.23. The summed E-state index contributed by atoms with van der Waals surface area (Å²) in [5, 5.41) is 0. The second-order valence-electron chi connectivity index (χ2n) is 6.52. The Kier molecular flexibility index (Phi) is 5.54. The maximum atomic E-state index is 12.7. The van der Waals surface area contributed by atoms with E-state index in [0.717, 1.165) is 12.8 Å². The van der Waals surface area contributed by atoms with Crippen molar-refractivity contribution >= 4 is 20.2 Å². The quantitative estimate of drug-likeness (QED) is 0.729. The number of hydrogen-bond acceptors (Lipinski definition) is 4. The summed E-state index contributed by atoms with van der Waals surface area (Å²) in [6, 6.07) is -0.110. The van der Waals surface area contributed by atoms with Crippen LogP contribution in [0.25, 0.3) is 0 Å². The highest BCUT2D eigenvalue weighted by molar-refractivity contribution is 7.88. The van der Waals surface area contributed by atoms with Gasteiger partial charge in [-0.05, 0) is 31.6 Å². The van der Waals surface area contributed by atoms with Crippen molar-refractivity contribution in [3.8, 4) is 0 Å². The van der Waals surface area contributed by atoms with Crippen molar-refractivity contribution in [1.82, 2.24) is 12.9 Å². The highest BCUT2D eigenvalue weighted by Crippen LogP contribution is 2.24. The van der Waals surface area contributed by atoms with E-state index < -0.39 is 20.2 Å². The summed E-state index contributed by atoms with van der Waals surface area (Å²) in [6.07, 6.45) is 4.27. The Hall–Kier alpha value is -0.220. The van der Waals surface area contributed by atoms with E-state index in [1.807, 2.05) is 0 Å². The van der Waals surface area contributed by atoms with Crippen LogP contribution in [-0.2, 0) is 20.2 Å². The molecule has 7 nitrogen and oxygen atoms in total. The summed E-state index contributed by atoms with van der Waals surface area (Å²) >= 11 is 0. The molecule has 0 bridgehead atoms. The van der Waals surface area contributed by atoms with Crippen LogP contribution in [0.3, 0.4) is 0 Å². The van der Waals surface area contributed by atoms with Crippen molar-refractivity contribution < 1.29 is 16.8 Å². The molecule has 0 amide bonds. The predicted molar refractivity (Wildman–Crippen MR) is 86.1 cm³/mol. The SMILES string of the molecule is CC1CCCN(S(=O)(=O)N2CCC(N(C)S(C)(=O)=O)CC2)C1. The second kappa shape index (κ2) is 6.72. The van der Waals surface area contributed by atoms with Crippen LogP contribution in [0.15, 0.2) is 0 Å². The normalized spacial score (nSPS) is 27.4.